The molecule has 1 saturated heterocycles. The fraction of sp³-hybridized carbons (Fsp3) is 0.947. The number of nitrogens with zero attached hydrogens (tertiary/aromatic N) is 1. The van der Waals surface area contributed by atoms with Crippen LogP contribution < -0.4 is 5.32 Å². The summed E-state index contributed by atoms with van der Waals surface area (Å²) in [6.07, 6.45) is 11.8. The molecule has 0 aromatic carbocycles. The maximum Gasteiger partial charge on any atom is 0.222 e. The number of amides is 1. The monoisotopic (exact) mass is 340 g/mol. The van der Waals surface area contributed by atoms with Crippen LogP contribution in [0.4, 0.5) is 0 Å². The molecule has 0 aromatic rings. The molecule has 0 aromatic heterocycles. The summed E-state index contributed by atoms with van der Waals surface area (Å²) < 4.78 is 0. The molecule has 4 bridgehead atoms. The van der Waals surface area contributed by atoms with E-state index >= 15 is 0 Å². The molecule has 5 fully saturated rings. The summed E-state index contributed by atoms with van der Waals surface area (Å²) in [5.74, 6) is 3.98. The Hall–Kier alpha value is -0.280. The van der Waals surface area contributed by atoms with E-state index in [4.69, 9.17) is 0 Å². The fourth-order valence-electron chi connectivity index (χ4n) is 6.56. The highest BCUT2D eigenvalue weighted by Gasteiger charge is 2.51. The van der Waals surface area contributed by atoms with Crippen LogP contribution in [0.3, 0.4) is 0 Å². The van der Waals surface area contributed by atoms with Gasteiger partial charge in [-0.3, -0.25) is 4.79 Å². The lowest BCUT2D eigenvalue weighted by molar-refractivity contribution is -0.136. The summed E-state index contributed by atoms with van der Waals surface area (Å²) in [5.41, 5.74) is 0.493. The molecule has 0 atom stereocenters. The number of hydrogen-bond acceptors (Lipinski definition) is 2. The van der Waals surface area contributed by atoms with Gasteiger partial charge < -0.3 is 10.2 Å². The minimum atomic E-state index is 0. The smallest absolute Gasteiger partial charge is 0.222 e. The number of carbonyl (C=O) groups is 1. The van der Waals surface area contributed by atoms with Crippen molar-refractivity contribution in [2.24, 2.45) is 29.1 Å². The average molecular weight is 341 g/mol. The molecule has 0 radical (unpaired) electrons. The number of hydrogen-bond donors (Lipinski definition) is 1. The minimum Gasteiger partial charge on any atom is -0.345 e. The van der Waals surface area contributed by atoms with Crippen LogP contribution in [0.2, 0.25) is 0 Å². The predicted octanol–water partition coefficient (Wildman–Crippen LogP) is 3.47. The van der Waals surface area contributed by atoms with E-state index in [2.05, 4.69) is 17.3 Å². The molecule has 132 valence electrons. The predicted molar refractivity (Wildman–Crippen MR) is 95.7 cm³/mol. The zero-order valence-electron chi connectivity index (χ0n) is 14.6. The van der Waals surface area contributed by atoms with Gasteiger partial charge in [0.15, 0.2) is 0 Å². The first-order valence-electron chi connectivity index (χ1n) is 9.57. The van der Waals surface area contributed by atoms with Crippen LogP contribution in [0.5, 0.6) is 0 Å². The van der Waals surface area contributed by atoms with Gasteiger partial charge in [0.25, 0.3) is 0 Å². The molecule has 1 heterocycles. The summed E-state index contributed by atoms with van der Waals surface area (Å²) >= 11 is 0. The Balaban J connectivity index is 0.00000156. The summed E-state index contributed by atoms with van der Waals surface area (Å²) in [6, 6.07) is 0. The number of carbonyl (C=O) groups excluding carboxylic acids is 1. The van der Waals surface area contributed by atoms with E-state index < -0.39 is 0 Å². The van der Waals surface area contributed by atoms with Gasteiger partial charge in [0, 0.05) is 20.0 Å². The normalized spacial score (nSPS) is 39.1. The number of piperidine rings is 1. The van der Waals surface area contributed by atoms with Crippen LogP contribution in [0.25, 0.3) is 0 Å². The maximum absolute atomic E-state index is 12.6. The van der Waals surface area contributed by atoms with Crippen LogP contribution in [-0.4, -0.2) is 37.5 Å². The molecule has 4 saturated carbocycles. The number of rotatable bonds is 4. The molecule has 23 heavy (non-hydrogen) atoms. The maximum atomic E-state index is 12.6. The Morgan fingerprint density at radius 2 is 1.57 bits per heavy atom. The van der Waals surface area contributed by atoms with Gasteiger partial charge in [-0.25, -0.2) is 0 Å². The summed E-state index contributed by atoms with van der Waals surface area (Å²) in [7, 11) is 2.07. The standard InChI is InChI=1S/C19H32N2O.ClH/c1-21(18(22)9-14-2-4-20-5-3-14)13-19-10-15-6-16(11-19)8-17(7-15)12-19;/h14-17,20H,2-13H2,1H3;1H. The van der Waals surface area contributed by atoms with Crippen molar-refractivity contribution in [3.63, 3.8) is 0 Å². The molecule has 5 aliphatic rings. The van der Waals surface area contributed by atoms with Crippen LogP contribution in [0.15, 0.2) is 0 Å². The molecular weight excluding hydrogens is 308 g/mol. The van der Waals surface area contributed by atoms with Gasteiger partial charge in [0.2, 0.25) is 5.91 Å². The molecule has 0 unspecified atom stereocenters. The quantitative estimate of drug-likeness (QED) is 0.849. The Morgan fingerprint density at radius 1 is 1.04 bits per heavy atom. The van der Waals surface area contributed by atoms with Gasteiger partial charge in [-0.1, -0.05) is 0 Å². The van der Waals surface area contributed by atoms with E-state index in [1.165, 1.54) is 51.4 Å². The molecule has 1 amide bonds. The number of halogens is 1. The third kappa shape index (κ3) is 3.71. The summed E-state index contributed by atoms with van der Waals surface area (Å²) in [6.45, 7) is 3.23. The number of nitrogens with one attached hydrogen (secondary N) is 1. The van der Waals surface area contributed by atoms with Crippen molar-refractivity contribution >= 4 is 18.3 Å². The van der Waals surface area contributed by atoms with Crippen molar-refractivity contribution in [2.75, 3.05) is 26.7 Å². The second-order valence-electron chi connectivity index (χ2n) is 9.06. The lowest BCUT2D eigenvalue weighted by Gasteiger charge is -2.57. The van der Waals surface area contributed by atoms with Gasteiger partial charge in [0.05, 0.1) is 0 Å². The molecule has 5 rings (SSSR count). The van der Waals surface area contributed by atoms with E-state index in [0.717, 1.165) is 43.8 Å². The van der Waals surface area contributed by atoms with Gasteiger partial charge in [-0.2, -0.15) is 0 Å². The second kappa shape index (κ2) is 6.92. The Morgan fingerprint density at radius 3 is 2.09 bits per heavy atom. The zero-order chi connectivity index (χ0) is 15.2. The first kappa shape index (κ1) is 17.5. The van der Waals surface area contributed by atoms with Gasteiger partial charge in [-0.05, 0) is 93.5 Å². The molecule has 4 heteroatoms. The Bertz CT molecular complexity index is 398. The third-order valence-electron chi connectivity index (χ3n) is 7.09. The van der Waals surface area contributed by atoms with Crippen LogP contribution in [-0.2, 0) is 4.79 Å². The highest BCUT2D eigenvalue weighted by molar-refractivity contribution is 5.85. The minimum absolute atomic E-state index is 0. The van der Waals surface area contributed by atoms with E-state index in [9.17, 15) is 4.79 Å². The van der Waals surface area contributed by atoms with E-state index in [-0.39, 0.29) is 12.4 Å². The molecular formula is C19H33ClN2O. The zero-order valence-corrected chi connectivity index (χ0v) is 15.4. The lowest BCUT2D eigenvalue weighted by atomic mass is 9.49. The van der Waals surface area contributed by atoms with Crippen molar-refractivity contribution in [2.45, 2.75) is 57.8 Å². The van der Waals surface area contributed by atoms with Gasteiger partial charge in [-0.15, -0.1) is 12.4 Å². The topological polar surface area (TPSA) is 32.3 Å². The first-order chi connectivity index (χ1) is 10.6. The third-order valence-corrected chi connectivity index (χ3v) is 7.09. The van der Waals surface area contributed by atoms with E-state index in [1.807, 2.05) is 0 Å². The van der Waals surface area contributed by atoms with Crippen LogP contribution in [0, 0.1) is 29.1 Å². The molecule has 1 aliphatic heterocycles. The summed E-state index contributed by atoms with van der Waals surface area (Å²) in [4.78, 5) is 14.7. The van der Waals surface area contributed by atoms with Crippen molar-refractivity contribution in [1.29, 1.82) is 0 Å². The Kier molecular flexibility index (Phi) is 5.27. The lowest BCUT2D eigenvalue weighted by Crippen LogP contribution is -2.51. The van der Waals surface area contributed by atoms with Crippen molar-refractivity contribution in [1.82, 2.24) is 10.2 Å². The molecule has 3 nitrogen and oxygen atoms in total. The fourth-order valence-corrected chi connectivity index (χ4v) is 6.56. The molecule has 4 aliphatic carbocycles. The molecule has 0 spiro atoms. The van der Waals surface area contributed by atoms with E-state index in [1.54, 1.807) is 0 Å². The largest absolute Gasteiger partial charge is 0.345 e. The highest BCUT2D eigenvalue weighted by atomic mass is 35.5. The second-order valence-corrected chi connectivity index (χ2v) is 9.06. The van der Waals surface area contributed by atoms with Crippen molar-refractivity contribution in [3.05, 3.63) is 0 Å². The van der Waals surface area contributed by atoms with Crippen molar-refractivity contribution in [3.8, 4) is 0 Å². The SMILES string of the molecule is CN(CC12CC3CC(CC(C3)C1)C2)C(=O)CC1CCNCC1.Cl. The highest BCUT2D eigenvalue weighted by Crippen LogP contribution is 2.60. The first-order valence-corrected chi connectivity index (χ1v) is 9.57. The van der Waals surface area contributed by atoms with E-state index in [0.29, 0.717) is 17.2 Å². The Labute approximate surface area is 147 Å². The van der Waals surface area contributed by atoms with Crippen LogP contribution in [0.1, 0.15) is 57.8 Å². The summed E-state index contributed by atoms with van der Waals surface area (Å²) in [5, 5.41) is 3.40. The van der Waals surface area contributed by atoms with Crippen molar-refractivity contribution < 1.29 is 4.79 Å². The molecule has 1 N–H and O–H groups in total. The van der Waals surface area contributed by atoms with Gasteiger partial charge in [0.1, 0.15) is 0 Å². The average Bonchev–Trinajstić information content (AvgIpc) is 2.46. The van der Waals surface area contributed by atoms with Crippen LogP contribution >= 0.6 is 12.4 Å². The van der Waals surface area contributed by atoms with Gasteiger partial charge >= 0.3 is 0 Å².